The highest BCUT2D eigenvalue weighted by atomic mass is 19.4. The third-order valence-corrected chi connectivity index (χ3v) is 3.21. The predicted molar refractivity (Wildman–Crippen MR) is 59.5 cm³/mol. The minimum Gasteiger partial charge on any atom is -0.504 e. The summed E-state index contributed by atoms with van der Waals surface area (Å²) in [4.78, 5) is 0. The normalized spacial score (nSPS) is 20.3. The molecule has 0 aromatic heterocycles. The zero-order valence-electron chi connectivity index (χ0n) is 9.59. The lowest BCUT2D eigenvalue weighted by atomic mass is 9.96. The molecule has 1 fully saturated rings. The maximum absolute atomic E-state index is 12.5. The number of rotatable bonds is 2. The molecule has 0 spiro atoms. The van der Waals surface area contributed by atoms with E-state index in [9.17, 15) is 23.4 Å². The number of phenolic OH excluding ortho intramolecular Hbond substituents is 2. The maximum Gasteiger partial charge on any atom is 0.420 e. The molecule has 18 heavy (non-hydrogen) atoms. The summed E-state index contributed by atoms with van der Waals surface area (Å²) in [5.41, 5.74) is -0.845. The average Bonchev–Trinajstić information content (AvgIpc) is 2.76. The van der Waals surface area contributed by atoms with Crippen LogP contribution >= 0.6 is 0 Å². The largest absolute Gasteiger partial charge is 0.504 e. The SMILES string of the molecule is Oc1c(CC2CCNC2)ccc(C(F)(F)F)c1O. The van der Waals surface area contributed by atoms with Gasteiger partial charge in [-0.15, -0.1) is 0 Å². The van der Waals surface area contributed by atoms with Gasteiger partial charge < -0.3 is 15.5 Å². The Morgan fingerprint density at radius 1 is 1.22 bits per heavy atom. The zero-order chi connectivity index (χ0) is 13.3. The molecule has 1 atom stereocenters. The molecule has 0 saturated carbocycles. The molecule has 0 aliphatic carbocycles. The number of hydrogen-bond donors (Lipinski definition) is 3. The van der Waals surface area contributed by atoms with Crippen molar-refractivity contribution in [3.8, 4) is 11.5 Å². The van der Waals surface area contributed by atoms with E-state index in [1.165, 1.54) is 6.07 Å². The van der Waals surface area contributed by atoms with E-state index in [-0.39, 0.29) is 5.92 Å². The van der Waals surface area contributed by atoms with E-state index in [1.807, 2.05) is 0 Å². The molecule has 1 aromatic carbocycles. The molecule has 1 saturated heterocycles. The Labute approximate surface area is 102 Å². The molecule has 0 radical (unpaired) electrons. The summed E-state index contributed by atoms with van der Waals surface area (Å²) in [7, 11) is 0. The molecule has 0 bridgehead atoms. The van der Waals surface area contributed by atoms with Gasteiger partial charge in [-0.2, -0.15) is 13.2 Å². The molecule has 3 nitrogen and oxygen atoms in total. The van der Waals surface area contributed by atoms with Gasteiger partial charge in [-0.3, -0.25) is 0 Å². The van der Waals surface area contributed by atoms with E-state index >= 15 is 0 Å². The van der Waals surface area contributed by atoms with Gasteiger partial charge in [-0.25, -0.2) is 0 Å². The minimum absolute atomic E-state index is 0.284. The van der Waals surface area contributed by atoms with Crippen LogP contribution in [0, 0.1) is 5.92 Å². The van der Waals surface area contributed by atoms with E-state index in [4.69, 9.17) is 0 Å². The Kier molecular flexibility index (Phi) is 3.38. The number of nitrogens with one attached hydrogen (secondary N) is 1. The first kappa shape index (κ1) is 13.0. The highest BCUT2D eigenvalue weighted by Gasteiger charge is 2.35. The molecular weight excluding hydrogens is 247 g/mol. The lowest BCUT2D eigenvalue weighted by Crippen LogP contribution is -2.11. The van der Waals surface area contributed by atoms with Crippen molar-refractivity contribution < 1.29 is 23.4 Å². The van der Waals surface area contributed by atoms with Gasteiger partial charge in [0, 0.05) is 0 Å². The first-order valence-corrected chi connectivity index (χ1v) is 5.71. The smallest absolute Gasteiger partial charge is 0.420 e. The van der Waals surface area contributed by atoms with Crippen LogP contribution in [0.15, 0.2) is 12.1 Å². The third-order valence-electron chi connectivity index (χ3n) is 3.21. The van der Waals surface area contributed by atoms with Crippen molar-refractivity contribution in [2.45, 2.75) is 19.0 Å². The highest BCUT2D eigenvalue weighted by molar-refractivity contribution is 5.51. The second kappa shape index (κ2) is 4.68. The molecule has 1 aliphatic heterocycles. The van der Waals surface area contributed by atoms with Gasteiger partial charge in [0.2, 0.25) is 0 Å². The minimum atomic E-state index is -4.66. The van der Waals surface area contributed by atoms with Crippen molar-refractivity contribution in [2.75, 3.05) is 13.1 Å². The average molecular weight is 261 g/mol. The van der Waals surface area contributed by atoms with E-state index < -0.39 is 23.2 Å². The molecule has 1 aromatic rings. The Bertz CT molecular complexity index is 440. The number of hydrogen-bond acceptors (Lipinski definition) is 3. The van der Waals surface area contributed by atoms with Gasteiger partial charge in [0.1, 0.15) is 5.56 Å². The topological polar surface area (TPSA) is 52.5 Å². The Morgan fingerprint density at radius 3 is 2.50 bits per heavy atom. The number of alkyl halides is 3. The summed E-state index contributed by atoms with van der Waals surface area (Å²) in [6.45, 7) is 1.65. The Hall–Kier alpha value is -1.43. The molecule has 1 aliphatic rings. The summed E-state index contributed by atoms with van der Waals surface area (Å²) < 4.78 is 37.5. The standard InChI is InChI=1S/C12H14F3NO2/c13-12(14,15)9-2-1-8(10(17)11(9)18)5-7-3-4-16-6-7/h1-2,7,16-18H,3-6H2. The fraction of sp³-hybridized carbons (Fsp3) is 0.500. The second-order valence-corrected chi connectivity index (χ2v) is 4.53. The fourth-order valence-electron chi connectivity index (χ4n) is 2.21. The number of benzene rings is 1. The fourth-order valence-corrected chi connectivity index (χ4v) is 2.21. The number of phenols is 2. The molecule has 2 rings (SSSR count). The second-order valence-electron chi connectivity index (χ2n) is 4.53. The zero-order valence-corrected chi connectivity index (χ0v) is 9.59. The quantitative estimate of drug-likeness (QED) is 0.716. The third kappa shape index (κ3) is 2.53. The summed E-state index contributed by atoms with van der Waals surface area (Å²) in [5, 5.41) is 22.2. The van der Waals surface area contributed by atoms with Crippen molar-refractivity contribution in [1.82, 2.24) is 5.32 Å². The van der Waals surface area contributed by atoms with E-state index in [0.717, 1.165) is 25.6 Å². The summed E-state index contributed by atoms with van der Waals surface area (Å²) in [6, 6.07) is 2.04. The highest BCUT2D eigenvalue weighted by Crippen LogP contribution is 2.42. The van der Waals surface area contributed by atoms with Crippen LogP contribution in [-0.4, -0.2) is 23.3 Å². The molecular formula is C12H14F3NO2. The maximum atomic E-state index is 12.5. The van der Waals surface area contributed by atoms with Crippen molar-refractivity contribution in [3.63, 3.8) is 0 Å². The number of halogens is 3. The monoisotopic (exact) mass is 261 g/mol. The lowest BCUT2D eigenvalue weighted by Gasteiger charge is -2.14. The first-order valence-electron chi connectivity index (χ1n) is 5.71. The van der Waals surface area contributed by atoms with Crippen molar-refractivity contribution in [2.24, 2.45) is 5.92 Å². The Balaban J connectivity index is 2.25. The molecule has 100 valence electrons. The van der Waals surface area contributed by atoms with Crippen molar-refractivity contribution in [3.05, 3.63) is 23.3 Å². The van der Waals surface area contributed by atoms with Crippen LogP contribution in [0.25, 0.3) is 0 Å². The van der Waals surface area contributed by atoms with Crippen LogP contribution in [0.4, 0.5) is 13.2 Å². The lowest BCUT2D eigenvalue weighted by molar-refractivity contribution is -0.138. The van der Waals surface area contributed by atoms with Gasteiger partial charge in [0.05, 0.1) is 0 Å². The number of aromatic hydroxyl groups is 2. The van der Waals surface area contributed by atoms with Gasteiger partial charge >= 0.3 is 6.18 Å². The van der Waals surface area contributed by atoms with Crippen LogP contribution < -0.4 is 5.32 Å². The van der Waals surface area contributed by atoms with E-state index in [2.05, 4.69) is 5.32 Å². The molecule has 1 unspecified atom stereocenters. The summed E-state index contributed by atoms with van der Waals surface area (Å²) in [5.74, 6) is -1.45. The first-order chi connectivity index (χ1) is 8.39. The van der Waals surface area contributed by atoms with Crippen molar-refractivity contribution in [1.29, 1.82) is 0 Å². The van der Waals surface area contributed by atoms with Crippen LogP contribution in [0.1, 0.15) is 17.5 Å². The van der Waals surface area contributed by atoms with E-state index in [0.29, 0.717) is 12.0 Å². The molecule has 3 N–H and O–H groups in total. The predicted octanol–water partition coefficient (Wildman–Crippen LogP) is 2.27. The van der Waals surface area contributed by atoms with E-state index in [1.54, 1.807) is 0 Å². The van der Waals surface area contributed by atoms with Gasteiger partial charge in [-0.1, -0.05) is 6.07 Å². The molecule has 1 heterocycles. The Morgan fingerprint density at radius 2 is 1.94 bits per heavy atom. The van der Waals surface area contributed by atoms with Crippen LogP contribution in [-0.2, 0) is 12.6 Å². The van der Waals surface area contributed by atoms with Crippen LogP contribution in [0.2, 0.25) is 0 Å². The summed E-state index contributed by atoms with van der Waals surface area (Å²) >= 11 is 0. The van der Waals surface area contributed by atoms with Gasteiger partial charge in [0.15, 0.2) is 11.5 Å². The van der Waals surface area contributed by atoms with Gasteiger partial charge in [-0.05, 0) is 43.5 Å². The summed E-state index contributed by atoms with van der Waals surface area (Å²) in [6.07, 6.45) is -3.28. The molecule has 6 heteroatoms. The van der Waals surface area contributed by atoms with Crippen molar-refractivity contribution >= 4 is 0 Å². The van der Waals surface area contributed by atoms with Gasteiger partial charge in [0.25, 0.3) is 0 Å². The van der Waals surface area contributed by atoms with Crippen LogP contribution in [0.3, 0.4) is 0 Å². The van der Waals surface area contributed by atoms with Crippen LogP contribution in [0.5, 0.6) is 11.5 Å². The molecule has 0 amide bonds.